The molecule has 0 atom stereocenters. The minimum atomic E-state index is -1.14. The van der Waals surface area contributed by atoms with E-state index in [1.165, 1.54) is 10.8 Å². The molecule has 0 bridgehead atoms. The third-order valence-electron chi connectivity index (χ3n) is 2.14. The Morgan fingerprint density at radius 1 is 1.17 bits per heavy atom. The first-order chi connectivity index (χ1) is 5.43. The lowest BCUT2D eigenvalue weighted by molar-refractivity contribution is 1.53. The maximum absolute atomic E-state index is 3.61. The van der Waals surface area contributed by atoms with Gasteiger partial charge in [0.15, 0.2) is 0 Å². The zero-order valence-corrected chi connectivity index (χ0v) is 10.2. The smallest absolute Gasteiger partial charge is 0.0656 e. The van der Waals surface area contributed by atoms with E-state index >= 15 is 0 Å². The van der Waals surface area contributed by atoms with E-state index < -0.39 is 8.07 Å². The van der Waals surface area contributed by atoms with Gasteiger partial charge in [-0.2, -0.15) is 0 Å². The molecule has 1 aromatic rings. The van der Waals surface area contributed by atoms with Gasteiger partial charge >= 0.3 is 0 Å². The SMILES string of the molecule is Cc1c([Si])cccc1[Si](C)(C)C. The van der Waals surface area contributed by atoms with Crippen molar-refractivity contribution in [2.45, 2.75) is 26.6 Å². The Hall–Kier alpha value is -0.346. The maximum Gasteiger partial charge on any atom is 0.0779 e. The topological polar surface area (TPSA) is 0 Å². The summed E-state index contributed by atoms with van der Waals surface area (Å²) in [6.07, 6.45) is 0. The van der Waals surface area contributed by atoms with Crippen LogP contribution in [0, 0.1) is 6.92 Å². The first-order valence-electron chi connectivity index (χ1n) is 4.24. The van der Waals surface area contributed by atoms with Crippen LogP contribution in [0.4, 0.5) is 0 Å². The molecule has 0 nitrogen and oxygen atoms in total. The predicted octanol–water partition coefficient (Wildman–Crippen LogP) is 1.33. The van der Waals surface area contributed by atoms with Gasteiger partial charge in [0.25, 0.3) is 0 Å². The molecule has 1 aromatic carbocycles. The van der Waals surface area contributed by atoms with Crippen molar-refractivity contribution in [3.63, 3.8) is 0 Å². The molecule has 0 saturated carbocycles. The largest absolute Gasteiger partial charge is 0.0779 e. The molecule has 0 fully saturated rings. The molecule has 63 valence electrons. The standard InChI is InChI=1S/C10H15Si2/c1-8-9(11)6-5-7-10(8)12(2,3)4/h5-7H,1-4H3. The highest BCUT2D eigenvalue weighted by Gasteiger charge is 2.18. The number of hydrogen-bond donors (Lipinski definition) is 0. The summed E-state index contributed by atoms with van der Waals surface area (Å²) in [7, 11) is 2.47. The quantitative estimate of drug-likeness (QED) is 0.588. The van der Waals surface area contributed by atoms with Crippen LogP contribution < -0.4 is 10.4 Å². The first kappa shape index (κ1) is 9.74. The molecule has 0 aromatic heterocycles. The lowest BCUT2D eigenvalue weighted by Gasteiger charge is -2.20. The Balaban J connectivity index is 3.26. The highest BCUT2D eigenvalue weighted by Crippen LogP contribution is 2.03. The van der Waals surface area contributed by atoms with Crippen LogP contribution in [0.15, 0.2) is 18.2 Å². The summed E-state index contributed by atoms with van der Waals surface area (Å²) in [5.41, 5.74) is 1.41. The molecule has 1 rings (SSSR count). The second-order valence-corrected chi connectivity index (χ2v) is 9.81. The fraction of sp³-hybridized carbons (Fsp3) is 0.400. The predicted molar refractivity (Wildman–Crippen MR) is 59.5 cm³/mol. The zero-order chi connectivity index (χ0) is 9.35. The van der Waals surface area contributed by atoms with Crippen LogP contribution in [0.1, 0.15) is 5.56 Å². The second-order valence-electron chi connectivity index (χ2n) is 4.23. The Kier molecular flexibility index (Phi) is 2.59. The second kappa shape index (κ2) is 3.19. The van der Waals surface area contributed by atoms with Crippen molar-refractivity contribution < 1.29 is 0 Å². The van der Waals surface area contributed by atoms with Crippen LogP contribution in [0.3, 0.4) is 0 Å². The third-order valence-corrected chi connectivity index (χ3v) is 4.84. The highest BCUT2D eigenvalue weighted by molar-refractivity contribution is 6.89. The molecule has 0 heterocycles. The van der Waals surface area contributed by atoms with Crippen molar-refractivity contribution >= 4 is 28.7 Å². The molecule has 0 aliphatic rings. The van der Waals surface area contributed by atoms with Gasteiger partial charge in [-0.15, -0.1) is 0 Å². The molecular weight excluding hydrogens is 176 g/mol. The highest BCUT2D eigenvalue weighted by atomic mass is 28.3. The number of hydrogen-bond acceptors (Lipinski definition) is 0. The van der Waals surface area contributed by atoms with E-state index in [1.807, 2.05) is 0 Å². The molecule has 0 N–H and O–H groups in total. The van der Waals surface area contributed by atoms with Gasteiger partial charge in [0, 0.05) is 0 Å². The van der Waals surface area contributed by atoms with Crippen LogP contribution in [-0.4, -0.2) is 18.3 Å². The Labute approximate surface area is 79.4 Å². The van der Waals surface area contributed by atoms with Gasteiger partial charge in [0.2, 0.25) is 0 Å². The monoisotopic (exact) mass is 191 g/mol. The van der Waals surface area contributed by atoms with Gasteiger partial charge in [0.1, 0.15) is 0 Å². The van der Waals surface area contributed by atoms with Crippen molar-refractivity contribution in [3.05, 3.63) is 23.8 Å². The minimum absolute atomic E-state index is 1.14. The van der Waals surface area contributed by atoms with Gasteiger partial charge < -0.3 is 0 Å². The first-order valence-corrected chi connectivity index (χ1v) is 8.24. The Morgan fingerprint density at radius 2 is 1.75 bits per heavy atom. The van der Waals surface area contributed by atoms with Gasteiger partial charge in [-0.1, -0.05) is 53.8 Å². The van der Waals surface area contributed by atoms with E-state index in [2.05, 4.69) is 55.0 Å². The molecule has 0 aliphatic heterocycles. The van der Waals surface area contributed by atoms with Crippen LogP contribution in [-0.2, 0) is 0 Å². The van der Waals surface area contributed by atoms with Crippen molar-refractivity contribution in [2.75, 3.05) is 0 Å². The van der Waals surface area contributed by atoms with Crippen molar-refractivity contribution in [1.29, 1.82) is 0 Å². The number of rotatable bonds is 1. The number of benzene rings is 1. The zero-order valence-electron chi connectivity index (χ0n) is 8.23. The normalized spacial score (nSPS) is 11.8. The third kappa shape index (κ3) is 1.87. The molecule has 0 aliphatic carbocycles. The van der Waals surface area contributed by atoms with Crippen molar-refractivity contribution in [1.82, 2.24) is 0 Å². The fourth-order valence-electron chi connectivity index (χ4n) is 1.45. The Bertz CT molecular complexity index is 284. The minimum Gasteiger partial charge on any atom is -0.0656 e. The summed E-state index contributed by atoms with van der Waals surface area (Å²) < 4.78 is 0. The fourth-order valence-corrected chi connectivity index (χ4v) is 3.66. The average Bonchev–Trinajstić information content (AvgIpc) is 1.92. The van der Waals surface area contributed by atoms with E-state index in [-0.39, 0.29) is 0 Å². The van der Waals surface area contributed by atoms with E-state index in [1.54, 1.807) is 5.19 Å². The lowest BCUT2D eigenvalue weighted by Crippen LogP contribution is -2.41. The summed E-state index contributed by atoms with van der Waals surface area (Å²) in [5, 5.41) is 2.78. The molecule has 12 heavy (non-hydrogen) atoms. The maximum atomic E-state index is 3.61. The Morgan fingerprint density at radius 3 is 2.17 bits per heavy atom. The van der Waals surface area contributed by atoms with Gasteiger partial charge in [0.05, 0.1) is 18.3 Å². The van der Waals surface area contributed by atoms with Gasteiger partial charge in [-0.25, -0.2) is 0 Å². The van der Waals surface area contributed by atoms with Crippen molar-refractivity contribution in [2.24, 2.45) is 0 Å². The lowest BCUT2D eigenvalue weighted by atomic mass is 10.2. The van der Waals surface area contributed by atoms with Crippen molar-refractivity contribution in [3.8, 4) is 0 Å². The van der Waals surface area contributed by atoms with E-state index in [0.29, 0.717) is 0 Å². The van der Waals surface area contributed by atoms with E-state index in [0.717, 1.165) is 0 Å². The summed E-state index contributed by atoms with van der Waals surface area (Å²) in [6.45, 7) is 9.32. The van der Waals surface area contributed by atoms with Gasteiger partial charge in [-0.3, -0.25) is 0 Å². The van der Waals surface area contributed by atoms with Crippen LogP contribution in [0.2, 0.25) is 19.6 Å². The van der Waals surface area contributed by atoms with Crippen LogP contribution in [0.5, 0.6) is 0 Å². The molecule has 2 heteroatoms. The summed E-state index contributed by atoms with van der Waals surface area (Å²) in [5.74, 6) is 0. The summed E-state index contributed by atoms with van der Waals surface area (Å²) >= 11 is 0. The molecule has 0 saturated heterocycles. The summed E-state index contributed by atoms with van der Waals surface area (Å²) in [4.78, 5) is 0. The van der Waals surface area contributed by atoms with Gasteiger partial charge in [-0.05, 0) is 6.92 Å². The molecule has 3 radical (unpaired) electrons. The van der Waals surface area contributed by atoms with Crippen LogP contribution in [0.25, 0.3) is 0 Å². The van der Waals surface area contributed by atoms with E-state index in [9.17, 15) is 0 Å². The molecule has 0 unspecified atom stereocenters. The molecule has 0 spiro atoms. The molecule has 0 amide bonds. The average molecular weight is 191 g/mol. The van der Waals surface area contributed by atoms with E-state index in [4.69, 9.17) is 0 Å². The van der Waals surface area contributed by atoms with Crippen LogP contribution >= 0.6 is 0 Å². The summed E-state index contributed by atoms with van der Waals surface area (Å²) in [6, 6.07) is 6.49. The molecular formula is C10H15Si2.